The molecule has 1 saturated heterocycles. The maximum absolute atomic E-state index is 12.1. The van der Waals surface area contributed by atoms with Crippen molar-refractivity contribution in [3.8, 4) is 0 Å². The van der Waals surface area contributed by atoms with Gasteiger partial charge in [0.05, 0.1) is 18.1 Å². The minimum absolute atomic E-state index is 0.0785. The van der Waals surface area contributed by atoms with Crippen LogP contribution >= 0.6 is 0 Å². The molecule has 2 heterocycles. The van der Waals surface area contributed by atoms with Crippen LogP contribution in [0.1, 0.15) is 37.2 Å². The number of nitrogens with one attached hydrogen (secondary N) is 1. The normalized spacial score (nSPS) is 28.3. The van der Waals surface area contributed by atoms with Crippen molar-refractivity contribution in [3.05, 3.63) is 18.0 Å². The van der Waals surface area contributed by atoms with Crippen LogP contribution in [-0.2, 0) is 26.6 Å². The van der Waals surface area contributed by atoms with Crippen LogP contribution in [0.3, 0.4) is 0 Å². The lowest BCUT2D eigenvalue weighted by Crippen LogP contribution is -2.39. The predicted octanol–water partition coefficient (Wildman–Crippen LogP) is 0.539. The molecule has 7 nitrogen and oxygen atoms in total. The van der Waals surface area contributed by atoms with Crippen molar-refractivity contribution in [2.24, 2.45) is 13.0 Å². The molecular formula is C14H21N3O4S. The summed E-state index contributed by atoms with van der Waals surface area (Å²) < 4.78 is 33.4. The molecule has 1 aromatic rings. The Morgan fingerprint density at radius 2 is 2.32 bits per heavy atom. The highest BCUT2D eigenvalue weighted by molar-refractivity contribution is 7.90. The molecule has 1 aliphatic carbocycles. The number of nitrogens with zero attached hydrogens (tertiary/aromatic N) is 2. The fraction of sp³-hybridized carbons (Fsp3) is 0.714. The largest absolute Gasteiger partial charge is 0.377 e. The average Bonchev–Trinajstić information content (AvgIpc) is 3.14. The van der Waals surface area contributed by atoms with Gasteiger partial charge in [-0.1, -0.05) is 0 Å². The first kappa shape index (κ1) is 15.5. The van der Waals surface area contributed by atoms with Crippen molar-refractivity contribution in [1.82, 2.24) is 14.5 Å². The third-order valence-corrected chi connectivity index (χ3v) is 5.54. The fourth-order valence-electron chi connectivity index (χ4n) is 2.94. The third kappa shape index (κ3) is 3.67. The second kappa shape index (κ2) is 6.00. The zero-order valence-electron chi connectivity index (χ0n) is 12.6. The first-order chi connectivity index (χ1) is 10.4. The van der Waals surface area contributed by atoms with Crippen LogP contribution in [0, 0.1) is 5.92 Å². The number of rotatable bonds is 5. The van der Waals surface area contributed by atoms with Crippen LogP contribution in [0.2, 0.25) is 0 Å². The van der Waals surface area contributed by atoms with Gasteiger partial charge in [-0.15, -0.1) is 0 Å². The van der Waals surface area contributed by atoms with E-state index in [9.17, 15) is 13.2 Å². The molecule has 1 amide bonds. The summed E-state index contributed by atoms with van der Waals surface area (Å²) in [6.07, 6.45) is 6.64. The number of amides is 1. The van der Waals surface area contributed by atoms with Crippen LogP contribution in [0.4, 0.5) is 0 Å². The average molecular weight is 327 g/mol. The molecule has 22 heavy (non-hydrogen) atoms. The Bertz CT molecular complexity index is 649. The quantitative estimate of drug-likeness (QED) is 0.852. The fourth-order valence-corrected chi connectivity index (χ4v) is 4.23. The van der Waals surface area contributed by atoms with Crippen molar-refractivity contribution in [1.29, 1.82) is 0 Å². The summed E-state index contributed by atoms with van der Waals surface area (Å²) in [6, 6.07) is 0. The van der Waals surface area contributed by atoms with E-state index in [1.54, 1.807) is 10.9 Å². The zero-order valence-corrected chi connectivity index (χ0v) is 13.4. The van der Waals surface area contributed by atoms with Crippen molar-refractivity contribution in [2.45, 2.75) is 37.7 Å². The number of aromatic nitrogens is 2. The Morgan fingerprint density at radius 1 is 1.50 bits per heavy atom. The van der Waals surface area contributed by atoms with Crippen molar-refractivity contribution >= 4 is 15.9 Å². The molecule has 1 aliphatic heterocycles. The molecule has 2 aliphatic rings. The van der Waals surface area contributed by atoms with Gasteiger partial charge < -0.3 is 4.74 Å². The van der Waals surface area contributed by atoms with Crippen LogP contribution in [-0.4, -0.2) is 42.6 Å². The molecular weight excluding hydrogens is 306 g/mol. The maximum atomic E-state index is 12.1. The van der Waals surface area contributed by atoms with Gasteiger partial charge in [0.1, 0.15) is 0 Å². The lowest BCUT2D eigenvalue weighted by Gasteiger charge is -2.22. The van der Waals surface area contributed by atoms with Crippen molar-refractivity contribution in [3.63, 3.8) is 0 Å². The molecule has 3 atom stereocenters. The summed E-state index contributed by atoms with van der Waals surface area (Å²) in [5, 5.41) is 4.07. The molecule has 0 aromatic carbocycles. The van der Waals surface area contributed by atoms with Crippen LogP contribution < -0.4 is 4.72 Å². The third-order valence-electron chi connectivity index (χ3n) is 4.22. The smallest absolute Gasteiger partial charge is 0.237 e. The number of hydrogen-bond acceptors (Lipinski definition) is 5. The Balaban J connectivity index is 1.53. The van der Waals surface area contributed by atoms with E-state index in [0.717, 1.165) is 24.8 Å². The molecule has 1 N–H and O–H groups in total. The Hall–Kier alpha value is -1.41. The van der Waals surface area contributed by atoms with Gasteiger partial charge in [-0.2, -0.15) is 5.10 Å². The van der Waals surface area contributed by atoms with E-state index in [4.69, 9.17) is 4.74 Å². The van der Waals surface area contributed by atoms with E-state index >= 15 is 0 Å². The van der Waals surface area contributed by atoms with Crippen LogP contribution in [0.15, 0.2) is 12.4 Å². The first-order valence-corrected chi connectivity index (χ1v) is 9.24. The number of carbonyl (C=O) groups is 1. The summed E-state index contributed by atoms with van der Waals surface area (Å²) in [7, 11) is -1.82. The summed E-state index contributed by atoms with van der Waals surface area (Å²) in [6.45, 7) is 0.597. The highest BCUT2D eigenvalue weighted by Crippen LogP contribution is 2.47. The molecule has 3 rings (SSSR count). The zero-order chi connectivity index (χ0) is 15.7. The number of sulfonamides is 1. The van der Waals surface area contributed by atoms with E-state index in [-0.39, 0.29) is 23.7 Å². The van der Waals surface area contributed by atoms with Crippen LogP contribution in [0.5, 0.6) is 0 Å². The lowest BCUT2D eigenvalue weighted by molar-refractivity contribution is -0.120. The van der Waals surface area contributed by atoms with Crippen molar-refractivity contribution in [2.75, 3.05) is 12.4 Å². The molecule has 8 heteroatoms. The number of aryl methyl sites for hydroxylation is 1. The number of hydrogen-bond donors (Lipinski definition) is 1. The van der Waals surface area contributed by atoms with Gasteiger partial charge in [0.15, 0.2) is 0 Å². The monoisotopic (exact) mass is 327 g/mol. The van der Waals surface area contributed by atoms with Crippen molar-refractivity contribution < 1.29 is 17.9 Å². The molecule has 2 fully saturated rings. The van der Waals surface area contributed by atoms with Gasteiger partial charge in [0.25, 0.3) is 0 Å². The minimum Gasteiger partial charge on any atom is -0.377 e. The number of carbonyl (C=O) groups excluding carboxylic acids is 1. The predicted molar refractivity (Wildman–Crippen MR) is 79.6 cm³/mol. The Labute approximate surface area is 130 Å². The van der Waals surface area contributed by atoms with E-state index in [1.165, 1.54) is 0 Å². The van der Waals surface area contributed by atoms with Crippen LogP contribution in [0.25, 0.3) is 0 Å². The van der Waals surface area contributed by atoms with Gasteiger partial charge in [-0.25, -0.2) is 8.42 Å². The van der Waals surface area contributed by atoms with Gasteiger partial charge in [-0.05, 0) is 37.2 Å². The maximum Gasteiger partial charge on any atom is 0.237 e. The molecule has 0 unspecified atom stereocenters. The van der Waals surface area contributed by atoms with E-state index in [2.05, 4.69) is 9.82 Å². The van der Waals surface area contributed by atoms with E-state index in [1.807, 2.05) is 13.2 Å². The Morgan fingerprint density at radius 3 is 2.95 bits per heavy atom. The topological polar surface area (TPSA) is 90.3 Å². The van der Waals surface area contributed by atoms with E-state index < -0.39 is 15.9 Å². The summed E-state index contributed by atoms with van der Waals surface area (Å²) in [5.74, 6) is -0.742. The highest BCUT2D eigenvalue weighted by Gasteiger charge is 2.45. The molecule has 0 radical (unpaired) electrons. The molecule has 122 valence electrons. The van der Waals surface area contributed by atoms with Gasteiger partial charge in [0, 0.05) is 25.8 Å². The molecule has 0 spiro atoms. The van der Waals surface area contributed by atoms with Gasteiger partial charge >= 0.3 is 0 Å². The highest BCUT2D eigenvalue weighted by atomic mass is 32.2. The minimum atomic E-state index is -3.63. The molecule has 0 bridgehead atoms. The SMILES string of the molecule is Cn1cc([C@@H]2C[C@H]2C(=O)NS(=O)(=O)C[C@H]2CCCCO2)cn1. The Kier molecular flexibility index (Phi) is 4.22. The van der Waals surface area contributed by atoms with Gasteiger partial charge in [0.2, 0.25) is 15.9 Å². The molecule has 1 aromatic heterocycles. The lowest BCUT2D eigenvalue weighted by atomic mass is 10.1. The summed E-state index contributed by atoms with van der Waals surface area (Å²) in [5.41, 5.74) is 0.982. The standard InChI is InChI=1S/C14H21N3O4S/c1-17-8-10(7-15-17)12-6-13(12)14(18)16-22(19,20)9-11-4-2-3-5-21-11/h7-8,11-13H,2-6,9H2,1H3,(H,16,18)/t11-,12+,13-/m1/s1. The van der Waals surface area contributed by atoms with Gasteiger partial charge in [-0.3, -0.25) is 14.2 Å². The second-order valence-electron chi connectivity index (χ2n) is 6.13. The summed E-state index contributed by atoms with van der Waals surface area (Å²) in [4.78, 5) is 12.1. The summed E-state index contributed by atoms with van der Waals surface area (Å²) >= 11 is 0. The number of ether oxygens (including phenoxy) is 1. The first-order valence-electron chi connectivity index (χ1n) is 7.59. The van der Waals surface area contributed by atoms with E-state index in [0.29, 0.717) is 13.0 Å². The second-order valence-corrected chi connectivity index (χ2v) is 7.90. The molecule has 1 saturated carbocycles.